The third kappa shape index (κ3) is 10.9. The maximum atomic E-state index is 13.7. The van der Waals surface area contributed by atoms with Crippen LogP contribution in [0.4, 0.5) is 0 Å². The van der Waals surface area contributed by atoms with Gasteiger partial charge in [0.2, 0.25) is 21.8 Å². The molecule has 2 aliphatic heterocycles. The summed E-state index contributed by atoms with van der Waals surface area (Å²) in [6, 6.07) is 9.63. The molecule has 0 saturated carbocycles. The molecule has 1 aromatic rings. The molecule has 0 aromatic heterocycles. The number of rotatable bonds is 15. The molecule has 0 spiro atoms. The highest BCUT2D eigenvalue weighted by Gasteiger charge is 2.36. The molecule has 1 aromatic carbocycles. The third-order valence-electron chi connectivity index (χ3n) is 6.71. The monoisotopic (exact) mass is 581 g/mol. The van der Waals surface area contributed by atoms with Gasteiger partial charge in [0.05, 0.1) is 31.3 Å². The maximum Gasteiger partial charge on any atom is 0.247 e. The van der Waals surface area contributed by atoms with E-state index in [2.05, 4.69) is 10.9 Å². The molecular formula is C28H43N3O8S. The van der Waals surface area contributed by atoms with Crippen LogP contribution in [0.1, 0.15) is 57.9 Å². The van der Waals surface area contributed by atoms with Crippen LogP contribution in [0, 0.1) is 17.8 Å². The van der Waals surface area contributed by atoms with Crippen molar-refractivity contribution in [2.75, 3.05) is 32.6 Å². The van der Waals surface area contributed by atoms with Gasteiger partial charge >= 0.3 is 0 Å². The van der Waals surface area contributed by atoms with E-state index in [1.807, 2.05) is 56.3 Å². The summed E-state index contributed by atoms with van der Waals surface area (Å²) >= 11 is 0. The van der Waals surface area contributed by atoms with Crippen molar-refractivity contribution >= 4 is 27.9 Å². The first-order chi connectivity index (χ1) is 19.1. The number of carbonyl (C=O) groups excluding carboxylic acids is 2. The van der Waals surface area contributed by atoms with Crippen molar-refractivity contribution in [3.8, 4) is 0 Å². The van der Waals surface area contributed by atoms with Crippen LogP contribution in [0.3, 0.4) is 0 Å². The predicted octanol–water partition coefficient (Wildman–Crippen LogP) is 3.00. The Morgan fingerprint density at radius 3 is 2.40 bits per heavy atom. The topological polar surface area (TPSA) is 132 Å². The first kappa shape index (κ1) is 32.2. The number of nitrogens with one attached hydrogen (secondary N) is 2. The maximum absolute atomic E-state index is 13.7. The summed E-state index contributed by atoms with van der Waals surface area (Å²) in [5.41, 5.74) is 6.03. The second kappa shape index (κ2) is 16.2. The number of hydrogen-bond donors (Lipinski definition) is 2. The fourth-order valence-corrected chi connectivity index (χ4v) is 5.33. The van der Waals surface area contributed by atoms with Gasteiger partial charge in [-0.2, -0.15) is 0 Å². The zero-order valence-corrected chi connectivity index (χ0v) is 24.4. The standard InChI is InChI=1S/C28H43N3O8S/c1-21(2)20-24(27(32)29-31(40(3,34)35)16-15-25-37-18-19-38-25)23(13-9-12-22-10-5-4-6-11-22)28(33)30-39-26-14-7-8-17-36-26/h4-6,9-12,21,23-26H,7-8,13-20H2,1-3H3,(H,29,32)(H,30,33)/b12-9+/t23-,24+,26?/m0/s1. The number of amides is 2. The Hall–Kier alpha value is -2.35. The number of carbonyl (C=O) groups is 2. The Morgan fingerprint density at radius 1 is 1.05 bits per heavy atom. The number of hydroxylamine groups is 1. The van der Waals surface area contributed by atoms with E-state index >= 15 is 0 Å². The minimum atomic E-state index is -3.80. The summed E-state index contributed by atoms with van der Waals surface area (Å²) in [5.74, 6) is -2.63. The van der Waals surface area contributed by atoms with Crippen LogP contribution in [0.5, 0.6) is 0 Å². The summed E-state index contributed by atoms with van der Waals surface area (Å²) in [5, 5.41) is 0. The lowest BCUT2D eigenvalue weighted by Crippen LogP contribution is -2.51. The number of benzene rings is 1. The average Bonchev–Trinajstić information content (AvgIpc) is 3.45. The van der Waals surface area contributed by atoms with Gasteiger partial charge in [-0.25, -0.2) is 18.7 Å². The van der Waals surface area contributed by atoms with Crippen molar-refractivity contribution in [2.45, 2.75) is 65.0 Å². The summed E-state index contributed by atoms with van der Waals surface area (Å²) in [7, 11) is -3.80. The number of sulfonamides is 1. The van der Waals surface area contributed by atoms with Crippen molar-refractivity contribution < 1.29 is 37.1 Å². The smallest absolute Gasteiger partial charge is 0.247 e. The molecule has 11 nitrogen and oxygen atoms in total. The van der Waals surface area contributed by atoms with Gasteiger partial charge in [0.25, 0.3) is 0 Å². The molecule has 2 amide bonds. The third-order valence-corrected chi connectivity index (χ3v) is 7.78. The molecule has 40 heavy (non-hydrogen) atoms. The van der Waals surface area contributed by atoms with E-state index in [1.165, 1.54) is 0 Å². The summed E-state index contributed by atoms with van der Waals surface area (Å²) in [4.78, 5) is 32.7. The van der Waals surface area contributed by atoms with E-state index in [0.29, 0.717) is 32.7 Å². The molecule has 224 valence electrons. The SMILES string of the molecule is CC(C)C[C@@H](C(=O)NN(CCC1OCCO1)S(C)(=O)=O)[C@H](C/C=C/c1ccccc1)C(=O)NOC1CCCCO1. The average molecular weight is 582 g/mol. The van der Waals surface area contributed by atoms with Crippen molar-refractivity contribution in [3.63, 3.8) is 0 Å². The first-order valence-corrected chi connectivity index (χ1v) is 15.8. The zero-order valence-electron chi connectivity index (χ0n) is 23.6. The van der Waals surface area contributed by atoms with Gasteiger partial charge in [-0.15, -0.1) is 4.41 Å². The zero-order chi connectivity index (χ0) is 29.0. The number of allylic oxidation sites excluding steroid dienone is 1. The van der Waals surface area contributed by atoms with Gasteiger partial charge in [-0.1, -0.05) is 56.3 Å². The van der Waals surface area contributed by atoms with E-state index in [0.717, 1.165) is 29.1 Å². The molecule has 2 fully saturated rings. The molecule has 1 unspecified atom stereocenters. The van der Waals surface area contributed by atoms with Crippen LogP contribution in [-0.2, 0) is 38.7 Å². The summed E-state index contributed by atoms with van der Waals surface area (Å²) < 4.78 is 42.3. The lowest BCUT2D eigenvalue weighted by molar-refractivity contribution is -0.203. The van der Waals surface area contributed by atoms with Crippen molar-refractivity contribution in [1.82, 2.24) is 15.3 Å². The first-order valence-electron chi connectivity index (χ1n) is 13.9. The van der Waals surface area contributed by atoms with Crippen LogP contribution in [0.25, 0.3) is 6.08 Å². The van der Waals surface area contributed by atoms with Gasteiger partial charge in [0.15, 0.2) is 12.6 Å². The predicted molar refractivity (Wildman–Crippen MR) is 149 cm³/mol. The quantitative estimate of drug-likeness (QED) is 0.302. The van der Waals surface area contributed by atoms with Crippen LogP contribution >= 0.6 is 0 Å². The van der Waals surface area contributed by atoms with Gasteiger partial charge in [-0.3, -0.25) is 15.0 Å². The second-order valence-electron chi connectivity index (χ2n) is 10.5. The van der Waals surface area contributed by atoms with Crippen LogP contribution < -0.4 is 10.9 Å². The van der Waals surface area contributed by atoms with E-state index in [-0.39, 0.29) is 25.3 Å². The second-order valence-corrected chi connectivity index (χ2v) is 12.4. The Labute approximate surface area is 237 Å². The molecule has 0 bridgehead atoms. The Balaban J connectivity index is 1.78. The number of hydrogen-bond acceptors (Lipinski definition) is 8. The molecular weight excluding hydrogens is 538 g/mol. The molecule has 2 saturated heterocycles. The highest BCUT2D eigenvalue weighted by atomic mass is 32.2. The van der Waals surface area contributed by atoms with Crippen LogP contribution in [0.15, 0.2) is 36.4 Å². The highest BCUT2D eigenvalue weighted by Crippen LogP contribution is 2.26. The molecule has 2 heterocycles. The lowest BCUT2D eigenvalue weighted by Gasteiger charge is -2.30. The fourth-order valence-electron chi connectivity index (χ4n) is 4.64. The largest absolute Gasteiger partial charge is 0.350 e. The number of hydrazine groups is 1. The van der Waals surface area contributed by atoms with Gasteiger partial charge in [-0.05, 0) is 37.2 Å². The van der Waals surface area contributed by atoms with Crippen LogP contribution in [-0.4, -0.2) is 69.8 Å². The van der Waals surface area contributed by atoms with Crippen molar-refractivity contribution in [3.05, 3.63) is 42.0 Å². The minimum absolute atomic E-state index is 0.0312. The number of ether oxygens (including phenoxy) is 3. The van der Waals surface area contributed by atoms with Crippen LogP contribution in [0.2, 0.25) is 0 Å². The Kier molecular flexibility index (Phi) is 13.0. The van der Waals surface area contributed by atoms with Gasteiger partial charge in [0.1, 0.15) is 0 Å². The highest BCUT2D eigenvalue weighted by molar-refractivity contribution is 7.88. The summed E-state index contributed by atoms with van der Waals surface area (Å²) in [6.07, 6.45) is 7.05. The number of nitrogens with zero attached hydrogens (tertiary/aromatic N) is 1. The van der Waals surface area contributed by atoms with Crippen molar-refractivity contribution in [2.24, 2.45) is 17.8 Å². The minimum Gasteiger partial charge on any atom is -0.350 e. The van der Waals surface area contributed by atoms with Gasteiger partial charge in [0, 0.05) is 26.0 Å². The van der Waals surface area contributed by atoms with E-state index in [4.69, 9.17) is 19.0 Å². The summed E-state index contributed by atoms with van der Waals surface area (Å²) in [6.45, 7) is 5.30. The van der Waals surface area contributed by atoms with E-state index in [9.17, 15) is 18.0 Å². The molecule has 0 radical (unpaired) electrons. The molecule has 0 aliphatic carbocycles. The van der Waals surface area contributed by atoms with E-state index < -0.39 is 46.3 Å². The normalized spacial score (nSPS) is 20.2. The molecule has 3 atom stereocenters. The molecule has 3 rings (SSSR count). The van der Waals surface area contributed by atoms with E-state index in [1.54, 1.807) is 0 Å². The van der Waals surface area contributed by atoms with Crippen molar-refractivity contribution in [1.29, 1.82) is 0 Å². The Bertz CT molecular complexity index is 1050. The lowest BCUT2D eigenvalue weighted by atomic mass is 9.82. The fraction of sp³-hybridized carbons (Fsp3) is 0.643. The molecule has 2 aliphatic rings. The molecule has 12 heteroatoms. The molecule has 2 N–H and O–H groups in total. The van der Waals surface area contributed by atoms with Gasteiger partial charge < -0.3 is 14.2 Å². The Morgan fingerprint density at radius 2 is 1.77 bits per heavy atom.